The molecule has 2 heterocycles. The minimum atomic E-state index is -0.367. The molecule has 0 radical (unpaired) electrons. The molecule has 8 nitrogen and oxygen atoms in total. The highest BCUT2D eigenvalue weighted by molar-refractivity contribution is 5.94. The summed E-state index contributed by atoms with van der Waals surface area (Å²) in [6, 6.07) is 8.69. The van der Waals surface area contributed by atoms with E-state index in [1.165, 1.54) is 32.1 Å². The van der Waals surface area contributed by atoms with Gasteiger partial charge in [0.1, 0.15) is 6.04 Å². The third-order valence-electron chi connectivity index (χ3n) is 7.33. The predicted octanol–water partition coefficient (Wildman–Crippen LogP) is 2.36. The number of benzene rings is 1. The summed E-state index contributed by atoms with van der Waals surface area (Å²) in [6.45, 7) is 6.37. The van der Waals surface area contributed by atoms with Crippen molar-refractivity contribution in [2.45, 2.75) is 76.5 Å². The van der Waals surface area contributed by atoms with Crippen molar-refractivity contribution in [3.8, 4) is 0 Å². The standard InChI is InChI=1S/C26H39N5O3/c1-18(2)28-26(34)29-21-13-22-17-30(15-19-9-5-3-6-10-19)23(25(33)31(22)16-21)14-27-24(32)20-11-7-4-8-12-20/h4,7-8,11-12,18-19,21-23H,3,5-6,9-10,13-17H2,1-2H3,(H,27,32)(H2,28,29,34)/t21-,22-,23-/m0/s1. The first kappa shape index (κ1) is 24.5. The van der Waals surface area contributed by atoms with Gasteiger partial charge in [0.05, 0.1) is 6.04 Å². The molecule has 0 aromatic heterocycles. The molecule has 4 amide bonds. The molecule has 1 saturated carbocycles. The fourth-order valence-corrected chi connectivity index (χ4v) is 5.70. The van der Waals surface area contributed by atoms with E-state index in [1.54, 1.807) is 12.1 Å². The van der Waals surface area contributed by atoms with E-state index in [9.17, 15) is 14.4 Å². The highest BCUT2D eigenvalue weighted by Gasteiger charge is 2.46. The van der Waals surface area contributed by atoms with Gasteiger partial charge >= 0.3 is 6.03 Å². The summed E-state index contributed by atoms with van der Waals surface area (Å²) in [5.74, 6) is 0.515. The van der Waals surface area contributed by atoms with Crippen LogP contribution in [0.3, 0.4) is 0 Å². The third-order valence-corrected chi connectivity index (χ3v) is 7.33. The number of piperazine rings is 1. The van der Waals surface area contributed by atoms with Gasteiger partial charge in [0.15, 0.2) is 0 Å². The number of nitrogens with zero attached hydrogens (tertiary/aromatic N) is 2. The Kier molecular flexibility index (Phi) is 8.08. The Morgan fingerprint density at radius 3 is 2.50 bits per heavy atom. The van der Waals surface area contributed by atoms with Crippen LogP contribution in [0.4, 0.5) is 4.79 Å². The summed E-state index contributed by atoms with van der Waals surface area (Å²) in [4.78, 5) is 42.7. The maximum absolute atomic E-state index is 13.6. The molecule has 8 heteroatoms. The molecule has 3 N–H and O–H groups in total. The van der Waals surface area contributed by atoms with Gasteiger partial charge in [-0.25, -0.2) is 4.79 Å². The van der Waals surface area contributed by atoms with Crippen molar-refractivity contribution in [3.63, 3.8) is 0 Å². The van der Waals surface area contributed by atoms with Crippen molar-refractivity contribution < 1.29 is 14.4 Å². The minimum Gasteiger partial charge on any atom is -0.350 e. The van der Waals surface area contributed by atoms with Crippen molar-refractivity contribution >= 4 is 17.8 Å². The van der Waals surface area contributed by atoms with Gasteiger partial charge in [-0.05, 0) is 51.2 Å². The van der Waals surface area contributed by atoms with Crippen LogP contribution in [0.15, 0.2) is 30.3 Å². The first-order valence-electron chi connectivity index (χ1n) is 12.9. The van der Waals surface area contributed by atoms with Gasteiger partial charge in [-0.15, -0.1) is 0 Å². The molecular formula is C26H39N5O3. The van der Waals surface area contributed by atoms with Gasteiger partial charge in [0.25, 0.3) is 5.91 Å². The monoisotopic (exact) mass is 469 g/mol. The summed E-state index contributed by atoms with van der Waals surface area (Å²) in [7, 11) is 0. The van der Waals surface area contributed by atoms with E-state index in [-0.39, 0.29) is 42.0 Å². The SMILES string of the molecule is CC(C)NC(=O)N[C@H]1C[C@H]2CN(CC3CCCCC3)[C@@H](CNC(=O)c3ccccc3)C(=O)N2C1. The van der Waals surface area contributed by atoms with E-state index in [4.69, 9.17) is 0 Å². The smallest absolute Gasteiger partial charge is 0.315 e. The maximum Gasteiger partial charge on any atom is 0.315 e. The topological polar surface area (TPSA) is 93.8 Å². The molecule has 186 valence electrons. The van der Waals surface area contributed by atoms with E-state index in [1.807, 2.05) is 36.9 Å². The fourth-order valence-electron chi connectivity index (χ4n) is 5.70. The molecule has 3 aliphatic rings. The van der Waals surface area contributed by atoms with Crippen LogP contribution < -0.4 is 16.0 Å². The summed E-state index contributed by atoms with van der Waals surface area (Å²) < 4.78 is 0. The Hall–Kier alpha value is -2.61. The number of rotatable bonds is 7. The molecule has 3 fully saturated rings. The van der Waals surface area contributed by atoms with E-state index >= 15 is 0 Å². The average Bonchev–Trinajstić information content (AvgIpc) is 3.21. The molecule has 3 atom stereocenters. The number of nitrogens with one attached hydrogen (secondary N) is 3. The van der Waals surface area contributed by atoms with Crippen LogP contribution in [0.2, 0.25) is 0 Å². The van der Waals surface area contributed by atoms with Crippen LogP contribution in [0, 0.1) is 5.92 Å². The molecule has 0 bridgehead atoms. The van der Waals surface area contributed by atoms with Crippen LogP contribution in [0.1, 0.15) is 62.7 Å². The van der Waals surface area contributed by atoms with Crippen molar-refractivity contribution in [3.05, 3.63) is 35.9 Å². The number of amides is 4. The van der Waals surface area contributed by atoms with Gasteiger partial charge < -0.3 is 20.9 Å². The normalized spacial score (nSPS) is 25.8. The van der Waals surface area contributed by atoms with Gasteiger partial charge in [-0.1, -0.05) is 37.5 Å². The summed E-state index contributed by atoms with van der Waals surface area (Å²) in [5.41, 5.74) is 0.601. The number of fused-ring (bicyclic) bond motifs is 1. The Balaban J connectivity index is 1.43. The predicted molar refractivity (Wildman–Crippen MR) is 131 cm³/mol. The lowest BCUT2D eigenvalue weighted by Gasteiger charge is -2.44. The molecular weight excluding hydrogens is 430 g/mol. The Morgan fingerprint density at radius 2 is 1.79 bits per heavy atom. The minimum absolute atomic E-state index is 0.0538. The molecule has 0 spiro atoms. The second kappa shape index (κ2) is 11.2. The van der Waals surface area contributed by atoms with Crippen molar-refractivity contribution in [1.29, 1.82) is 0 Å². The van der Waals surface area contributed by atoms with Crippen LogP contribution in [-0.2, 0) is 4.79 Å². The highest BCUT2D eigenvalue weighted by atomic mass is 16.2. The van der Waals surface area contributed by atoms with Gasteiger partial charge in [0, 0.05) is 43.8 Å². The van der Waals surface area contributed by atoms with E-state index in [0.29, 0.717) is 24.6 Å². The first-order valence-corrected chi connectivity index (χ1v) is 12.9. The second-order valence-corrected chi connectivity index (χ2v) is 10.4. The lowest BCUT2D eigenvalue weighted by molar-refractivity contribution is -0.144. The molecule has 1 aromatic rings. The average molecular weight is 470 g/mol. The highest BCUT2D eigenvalue weighted by Crippen LogP contribution is 2.30. The van der Waals surface area contributed by atoms with E-state index in [0.717, 1.165) is 19.5 Å². The maximum atomic E-state index is 13.6. The Labute approximate surface area is 202 Å². The zero-order valence-electron chi connectivity index (χ0n) is 20.5. The van der Waals surface area contributed by atoms with Gasteiger partial charge in [0.2, 0.25) is 5.91 Å². The summed E-state index contributed by atoms with van der Waals surface area (Å²) >= 11 is 0. The lowest BCUT2D eigenvalue weighted by Crippen LogP contribution is -2.63. The Bertz CT molecular complexity index is 855. The van der Waals surface area contributed by atoms with Crippen LogP contribution in [0.5, 0.6) is 0 Å². The zero-order chi connectivity index (χ0) is 24.1. The third kappa shape index (κ3) is 6.09. The van der Waals surface area contributed by atoms with Crippen molar-refractivity contribution in [1.82, 2.24) is 25.8 Å². The number of hydrogen-bond donors (Lipinski definition) is 3. The number of hydrogen-bond acceptors (Lipinski definition) is 4. The lowest BCUT2D eigenvalue weighted by atomic mass is 9.88. The quantitative estimate of drug-likeness (QED) is 0.572. The van der Waals surface area contributed by atoms with E-state index < -0.39 is 0 Å². The fraction of sp³-hybridized carbons (Fsp3) is 0.654. The number of carbonyl (C=O) groups is 3. The largest absolute Gasteiger partial charge is 0.350 e. The van der Waals surface area contributed by atoms with E-state index in [2.05, 4.69) is 20.9 Å². The molecule has 1 aromatic carbocycles. The molecule has 34 heavy (non-hydrogen) atoms. The van der Waals surface area contributed by atoms with Crippen LogP contribution in [0.25, 0.3) is 0 Å². The van der Waals surface area contributed by atoms with Gasteiger partial charge in [-0.2, -0.15) is 0 Å². The summed E-state index contributed by atoms with van der Waals surface area (Å²) in [5, 5.41) is 8.91. The van der Waals surface area contributed by atoms with Gasteiger partial charge in [-0.3, -0.25) is 14.5 Å². The second-order valence-electron chi connectivity index (χ2n) is 10.4. The van der Waals surface area contributed by atoms with Crippen molar-refractivity contribution in [2.24, 2.45) is 5.92 Å². The molecule has 1 aliphatic carbocycles. The number of urea groups is 1. The zero-order valence-corrected chi connectivity index (χ0v) is 20.5. The van der Waals surface area contributed by atoms with Crippen LogP contribution >= 0.6 is 0 Å². The molecule has 2 aliphatic heterocycles. The molecule has 2 saturated heterocycles. The van der Waals surface area contributed by atoms with Crippen LogP contribution in [-0.4, -0.2) is 78.0 Å². The first-order chi connectivity index (χ1) is 16.4. The summed E-state index contributed by atoms with van der Waals surface area (Å²) in [6.07, 6.45) is 7.00. The molecule has 0 unspecified atom stereocenters. The number of carbonyl (C=O) groups excluding carboxylic acids is 3. The molecule has 4 rings (SSSR count). The Morgan fingerprint density at radius 1 is 1.06 bits per heavy atom. The van der Waals surface area contributed by atoms with Crippen molar-refractivity contribution in [2.75, 3.05) is 26.2 Å².